The second-order valence-electron chi connectivity index (χ2n) is 8.55. The van der Waals surface area contributed by atoms with E-state index in [0.717, 1.165) is 5.56 Å². The summed E-state index contributed by atoms with van der Waals surface area (Å²) in [5, 5.41) is 27.2. The zero-order chi connectivity index (χ0) is 27.4. The first-order valence-corrected chi connectivity index (χ1v) is 13.1. The lowest BCUT2D eigenvalue weighted by atomic mass is 10.0. The SMILES string of the molecule is CSCCC(N)C(=O)NC(Cc1ccccc1)C(=O)NC(C(=O)NC(Cc1cnc[nH]1)C(=O)O)C(C)O. The zero-order valence-electron chi connectivity index (χ0n) is 20.7. The second kappa shape index (κ2) is 15.0. The summed E-state index contributed by atoms with van der Waals surface area (Å²) in [5.41, 5.74) is 7.19. The number of aliphatic hydroxyl groups excluding tert-OH is 1. The van der Waals surface area contributed by atoms with E-state index in [1.165, 1.54) is 31.2 Å². The number of carboxylic acids is 1. The van der Waals surface area contributed by atoms with Crippen LogP contribution in [0.1, 0.15) is 24.6 Å². The number of carboxylic acid groups (broad SMARTS) is 1. The number of aliphatic carboxylic acids is 1. The third-order valence-electron chi connectivity index (χ3n) is 5.54. The first kappa shape index (κ1) is 29.8. The molecule has 0 radical (unpaired) electrons. The summed E-state index contributed by atoms with van der Waals surface area (Å²) in [7, 11) is 0. The van der Waals surface area contributed by atoms with Crippen LogP contribution in [-0.4, -0.2) is 86.2 Å². The van der Waals surface area contributed by atoms with Gasteiger partial charge in [-0.1, -0.05) is 30.3 Å². The van der Waals surface area contributed by atoms with E-state index in [9.17, 15) is 29.4 Å². The van der Waals surface area contributed by atoms with Gasteiger partial charge in [-0.25, -0.2) is 9.78 Å². The van der Waals surface area contributed by atoms with Crippen LogP contribution in [0, 0.1) is 0 Å². The van der Waals surface area contributed by atoms with Crippen molar-refractivity contribution in [1.82, 2.24) is 25.9 Å². The number of nitrogens with one attached hydrogen (secondary N) is 4. The molecule has 37 heavy (non-hydrogen) atoms. The summed E-state index contributed by atoms with van der Waals surface area (Å²) >= 11 is 1.54. The molecule has 0 aliphatic carbocycles. The first-order chi connectivity index (χ1) is 17.6. The van der Waals surface area contributed by atoms with Gasteiger partial charge in [-0.05, 0) is 30.9 Å². The number of thioether (sulfide) groups is 1. The Morgan fingerprint density at radius 1 is 1.03 bits per heavy atom. The number of carbonyl (C=O) groups excluding carboxylic acids is 3. The summed E-state index contributed by atoms with van der Waals surface area (Å²) in [6, 6.07) is 4.22. The standard InChI is InChI=1S/C24H34N6O6S/c1-14(31)20(23(34)29-19(24(35)36)11-16-12-26-13-27-16)30-22(33)18(10-15-6-4-3-5-7-15)28-21(32)17(25)8-9-37-2/h3-7,12-14,17-20,31H,8-11,25H2,1-2H3,(H,26,27)(H,28,32)(H,29,34)(H,30,33)(H,35,36). The summed E-state index contributed by atoms with van der Waals surface area (Å²) in [6.07, 6.45) is 3.78. The Kier molecular flexibility index (Phi) is 12.1. The molecule has 0 aliphatic heterocycles. The van der Waals surface area contributed by atoms with E-state index in [2.05, 4.69) is 25.9 Å². The third kappa shape index (κ3) is 9.86. The van der Waals surface area contributed by atoms with Crippen molar-refractivity contribution in [2.75, 3.05) is 12.0 Å². The number of hydrogen-bond acceptors (Lipinski definition) is 8. The summed E-state index contributed by atoms with van der Waals surface area (Å²) in [5.74, 6) is -2.77. The fourth-order valence-corrected chi connectivity index (χ4v) is 3.94. The Labute approximate surface area is 219 Å². The average molecular weight is 535 g/mol. The van der Waals surface area contributed by atoms with Crippen LogP contribution in [0.25, 0.3) is 0 Å². The number of rotatable bonds is 15. The van der Waals surface area contributed by atoms with Crippen molar-refractivity contribution in [1.29, 1.82) is 0 Å². The number of aliphatic hydroxyl groups is 1. The predicted octanol–water partition coefficient (Wildman–Crippen LogP) is -0.805. The van der Waals surface area contributed by atoms with Gasteiger partial charge in [-0.2, -0.15) is 11.8 Å². The number of aromatic nitrogens is 2. The van der Waals surface area contributed by atoms with Crippen molar-refractivity contribution in [2.24, 2.45) is 5.73 Å². The minimum atomic E-state index is -1.48. The van der Waals surface area contributed by atoms with Gasteiger partial charge in [-0.15, -0.1) is 0 Å². The Morgan fingerprint density at radius 2 is 1.70 bits per heavy atom. The first-order valence-electron chi connectivity index (χ1n) is 11.7. The number of amides is 3. The molecule has 12 nitrogen and oxygen atoms in total. The van der Waals surface area contributed by atoms with Gasteiger partial charge >= 0.3 is 5.97 Å². The van der Waals surface area contributed by atoms with Crippen LogP contribution in [0.2, 0.25) is 0 Å². The monoisotopic (exact) mass is 534 g/mol. The Morgan fingerprint density at radius 3 is 2.27 bits per heavy atom. The number of benzene rings is 1. The van der Waals surface area contributed by atoms with Gasteiger partial charge in [0.1, 0.15) is 18.1 Å². The molecule has 8 N–H and O–H groups in total. The number of carbonyl (C=O) groups is 4. The van der Waals surface area contributed by atoms with E-state index >= 15 is 0 Å². The molecule has 0 spiro atoms. The van der Waals surface area contributed by atoms with Crippen LogP contribution >= 0.6 is 11.8 Å². The van der Waals surface area contributed by atoms with Crippen molar-refractivity contribution in [3.8, 4) is 0 Å². The van der Waals surface area contributed by atoms with Crippen LogP contribution in [0.3, 0.4) is 0 Å². The number of imidazole rings is 1. The van der Waals surface area contributed by atoms with Gasteiger partial charge in [0.05, 0.1) is 18.5 Å². The molecule has 1 aromatic heterocycles. The minimum absolute atomic E-state index is 0.0812. The molecule has 0 bridgehead atoms. The number of nitrogens with zero attached hydrogens (tertiary/aromatic N) is 1. The lowest BCUT2D eigenvalue weighted by Crippen LogP contribution is -2.60. The molecule has 2 rings (SSSR count). The number of hydrogen-bond donors (Lipinski definition) is 7. The fourth-order valence-electron chi connectivity index (χ4n) is 3.45. The number of aromatic amines is 1. The molecule has 0 aliphatic rings. The zero-order valence-corrected chi connectivity index (χ0v) is 21.5. The molecule has 0 saturated heterocycles. The molecule has 2 aromatic rings. The Bertz CT molecular complexity index is 1020. The number of H-pyrrole nitrogens is 1. The largest absolute Gasteiger partial charge is 0.480 e. The molecule has 0 saturated carbocycles. The highest BCUT2D eigenvalue weighted by molar-refractivity contribution is 7.98. The van der Waals surface area contributed by atoms with Crippen LogP contribution < -0.4 is 21.7 Å². The highest BCUT2D eigenvalue weighted by Crippen LogP contribution is 2.07. The topological polar surface area (TPSA) is 200 Å². The van der Waals surface area contributed by atoms with Crippen LogP contribution in [-0.2, 0) is 32.0 Å². The summed E-state index contributed by atoms with van der Waals surface area (Å²) < 4.78 is 0. The Hall–Kier alpha value is -3.42. The van der Waals surface area contributed by atoms with E-state index in [1.807, 2.05) is 12.3 Å². The molecule has 13 heteroatoms. The van der Waals surface area contributed by atoms with Crippen LogP contribution in [0.4, 0.5) is 0 Å². The summed E-state index contributed by atoms with van der Waals surface area (Å²) in [6.45, 7) is 1.29. The average Bonchev–Trinajstić information content (AvgIpc) is 3.38. The lowest BCUT2D eigenvalue weighted by Gasteiger charge is -2.26. The minimum Gasteiger partial charge on any atom is -0.480 e. The quantitative estimate of drug-likeness (QED) is 0.153. The van der Waals surface area contributed by atoms with Crippen molar-refractivity contribution in [3.63, 3.8) is 0 Å². The van der Waals surface area contributed by atoms with Gasteiger partial charge in [0.15, 0.2) is 0 Å². The maximum absolute atomic E-state index is 13.2. The van der Waals surface area contributed by atoms with E-state index in [1.54, 1.807) is 24.3 Å². The third-order valence-corrected chi connectivity index (χ3v) is 6.19. The highest BCUT2D eigenvalue weighted by Gasteiger charge is 2.33. The Balaban J connectivity index is 2.16. The molecule has 1 heterocycles. The van der Waals surface area contributed by atoms with Crippen molar-refractivity contribution < 1.29 is 29.4 Å². The van der Waals surface area contributed by atoms with E-state index in [0.29, 0.717) is 17.9 Å². The maximum Gasteiger partial charge on any atom is 0.326 e. The fraction of sp³-hybridized carbons (Fsp3) is 0.458. The molecular formula is C24H34N6O6S. The summed E-state index contributed by atoms with van der Waals surface area (Å²) in [4.78, 5) is 57.1. The van der Waals surface area contributed by atoms with Gasteiger partial charge < -0.3 is 36.9 Å². The van der Waals surface area contributed by atoms with Gasteiger partial charge in [0, 0.05) is 24.7 Å². The van der Waals surface area contributed by atoms with Crippen molar-refractivity contribution in [3.05, 3.63) is 54.1 Å². The molecule has 5 atom stereocenters. The number of nitrogens with two attached hydrogens (primary N) is 1. The maximum atomic E-state index is 13.2. The van der Waals surface area contributed by atoms with E-state index in [-0.39, 0.29) is 12.8 Å². The normalized spacial score (nSPS) is 15.0. The molecular weight excluding hydrogens is 500 g/mol. The second-order valence-corrected chi connectivity index (χ2v) is 9.53. The van der Waals surface area contributed by atoms with E-state index in [4.69, 9.17) is 5.73 Å². The van der Waals surface area contributed by atoms with Crippen molar-refractivity contribution >= 4 is 35.5 Å². The van der Waals surface area contributed by atoms with E-state index < -0.39 is 54.0 Å². The van der Waals surface area contributed by atoms with Gasteiger partial charge in [0.2, 0.25) is 17.7 Å². The van der Waals surface area contributed by atoms with Crippen LogP contribution in [0.5, 0.6) is 0 Å². The van der Waals surface area contributed by atoms with Gasteiger partial charge in [0.25, 0.3) is 0 Å². The lowest BCUT2D eigenvalue weighted by molar-refractivity contribution is -0.143. The molecule has 3 amide bonds. The van der Waals surface area contributed by atoms with Crippen LogP contribution in [0.15, 0.2) is 42.9 Å². The smallest absolute Gasteiger partial charge is 0.326 e. The molecule has 1 aromatic carbocycles. The molecule has 5 unspecified atom stereocenters. The van der Waals surface area contributed by atoms with Crippen molar-refractivity contribution in [2.45, 2.75) is 56.5 Å². The van der Waals surface area contributed by atoms with Gasteiger partial charge in [-0.3, -0.25) is 14.4 Å². The molecule has 202 valence electrons. The molecule has 0 fully saturated rings. The highest BCUT2D eigenvalue weighted by atomic mass is 32.2. The predicted molar refractivity (Wildman–Crippen MR) is 139 cm³/mol.